The molecule has 2 aromatic carbocycles. The minimum absolute atomic E-state index is 0.0388. The van der Waals surface area contributed by atoms with Crippen LogP contribution in [0.1, 0.15) is 16.8 Å². The summed E-state index contributed by atoms with van der Waals surface area (Å²) < 4.78 is 0. The highest BCUT2D eigenvalue weighted by atomic mass is 32.2. The summed E-state index contributed by atoms with van der Waals surface area (Å²) in [6.07, 6.45) is 0. The van der Waals surface area contributed by atoms with Gasteiger partial charge in [0.1, 0.15) is 5.03 Å². The molecule has 5 heteroatoms. The molecule has 1 N–H and O–H groups in total. The lowest BCUT2D eigenvalue weighted by Gasteiger charge is -2.10. The highest BCUT2D eigenvalue weighted by Crippen LogP contribution is 2.23. The number of carbonyl (C=O) groups is 1. The molecule has 0 saturated carbocycles. The molecule has 1 heterocycles. The number of nitrogens with one attached hydrogen (secondary N) is 1. The van der Waals surface area contributed by atoms with Crippen molar-refractivity contribution in [3.8, 4) is 0 Å². The van der Waals surface area contributed by atoms with Crippen LogP contribution < -0.4 is 5.32 Å². The minimum Gasteiger partial charge on any atom is -0.325 e. The number of fused-ring (bicyclic) bond motifs is 1. The summed E-state index contributed by atoms with van der Waals surface area (Å²) in [4.78, 5) is 21.4. The van der Waals surface area contributed by atoms with Gasteiger partial charge in [-0.1, -0.05) is 36.0 Å². The van der Waals surface area contributed by atoms with Crippen LogP contribution in [0.15, 0.2) is 47.5 Å². The van der Waals surface area contributed by atoms with Gasteiger partial charge in [-0.3, -0.25) is 4.79 Å². The van der Waals surface area contributed by atoms with Gasteiger partial charge in [0.25, 0.3) is 0 Å². The number of hydrogen-bond donors (Lipinski definition) is 1. The molecule has 3 aromatic rings. The summed E-state index contributed by atoms with van der Waals surface area (Å²) >= 11 is 1.41. The van der Waals surface area contributed by atoms with Gasteiger partial charge in [0.15, 0.2) is 0 Å². The fourth-order valence-corrected chi connectivity index (χ4v) is 3.16. The standard InChI is InChI=1S/C19H19N3OS/c1-12-8-9-13(2)17(10-12)21-18(23)11-24-19-14(3)20-15-6-4-5-7-16(15)22-19/h4-10H,11H2,1-3H3,(H,21,23). The fraction of sp³-hybridized carbons (Fsp3) is 0.211. The average molecular weight is 337 g/mol. The normalized spacial score (nSPS) is 10.8. The Morgan fingerprint density at radius 1 is 1.04 bits per heavy atom. The van der Waals surface area contributed by atoms with Crippen LogP contribution in [0, 0.1) is 20.8 Å². The van der Waals surface area contributed by atoms with Crippen molar-refractivity contribution in [1.29, 1.82) is 0 Å². The molecular weight excluding hydrogens is 318 g/mol. The maximum absolute atomic E-state index is 12.2. The van der Waals surface area contributed by atoms with Crippen LogP contribution in [0.2, 0.25) is 0 Å². The fourth-order valence-electron chi connectivity index (χ4n) is 2.40. The maximum atomic E-state index is 12.2. The SMILES string of the molecule is Cc1ccc(C)c(NC(=O)CSc2nc3ccccc3nc2C)c1. The van der Waals surface area contributed by atoms with Gasteiger partial charge in [0.2, 0.25) is 5.91 Å². The van der Waals surface area contributed by atoms with Gasteiger partial charge >= 0.3 is 0 Å². The van der Waals surface area contributed by atoms with Crippen molar-refractivity contribution in [3.05, 3.63) is 59.3 Å². The molecule has 0 unspecified atom stereocenters. The summed E-state index contributed by atoms with van der Waals surface area (Å²) in [6.45, 7) is 5.92. The van der Waals surface area contributed by atoms with E-state index in [4.69, 9.17) is 0 Å². The second-order valence-corrected chi connectivity index (χ2v) is 6.72. The first-order valence-corrected chi connectivity index (χ1v) is 8.75. The lowest BCUT2D eigenvalue weighted by Crippen LogP contribution is -2.15. The minimum atomic E-state index is -0.0388. The van der Waals surface area contributed by atoms with Gasteiger partial charge in [-0.05, 0) is 50.1 Å². The largest absolute Gasteiger partial charge is 0.325 e. The molecule has 3 rings (SSSR count). The lowest BCUT2D eigenvalue weighted by atomic mass is 10.1. The highest BCUT2D eigenvalue weighted by Gasteiger charge is 2.10. The molecule has 24 heavy (non-hydrogen) atoms. The molecule has 0 atom stereocenters. The monoisotopic (exact) mass is 337 g/mol. The second kappa shape index (κ2) is 7.01. The molecular formula is C19H19N3OS. The van der Waals surface area contributed by atoms with Gasteiger partial charge < -0.3 is 5.32 Å². The zero-order valence-corrected chi connectivity index (χ0v) is 14.8. The molecule has 4 nitrogen and oxygen atoms in total. The molecule has 0 fully saturated rings. The van der Waals surface area contributed by atoms with Crippen LogP contribution >= 0.6 is 11.8 Å². The van der Waals surface area contributed by atoms with Gasteiger partial charge in [-0.2, -0.15) is 0 Å². The van der Waals surface area contributed by atoms with Gasteiger partial charge in [0.05, 0.1) is 22.5 Å². The first kappa shape index (κ1) is 16.5. The molecule has 0 radical (unpaired) electrons. The number of thioether (sulfide) groups is 1. The number of aryl methyl sites for hydroxylation is 3. The van der Waals surface area contributed by atoms with Crippen LogP contribution in [0.3, 0.4) is 0 Å². The molecule has 0 spiro atoms. The van der Waals surface area contributed by atoms with Crippen molar-refractivity contribution in [2.24, 2.45) is 0 Å². The smallest absolute Gasteiger partial charge is 0.234 e. The summed E-state index contributed by atoms with van der Waals surface area (Å²) in [7, 11) is 0. The van der Waals surface area contributed by atoms with E-state index < -0.39 is 0 Å². The quantitative estimate of drug-likeness (QED) is 0.722. The van der Waals surface area contributed by atoms with E-state index in [1.807, 2.05) is 63.2 Å². The number of hydrogen-bond acceptors (Lipinski definition) is 4. The predicted octanol–water partition coefficient (Wildman–Crippen LogP) is 4.29. The van der Waals surface area contributed by atoms with Crippen LogP contribution in [-0.2, 0) is 4.79 Å². The second-order valence-electron chi connectivity index (χ2n) is 5.76. The van der Waals surface area contributed by atoms with E-state index in [2.05, 4.69) is 15.3 Å². The van der Waals surface area contributed by atoms with Gasteiger partial charge in [-0.15, -0.1) is 0 Å². The zero-order chi connectivity index (χ0) is 17.1. The molecule has 1 amide bonds. The first-order chi connectivity index (χ1) is 11.5. The van der Waals surface area contributed by atoms with Crippen LogP contribution in [-0.4, -0.2) is 21.6 Å². The molecule has 0 saturated heterocycles. The third-order valence-corrected chi connectivity index (χ3v) is 4.78. The van der Waals surface area contributed by atoms with Gasteiger partial charge in [-0.25, -0.2) is 9.97 Å². The van der Waals surface area contributed by atoms with Crippen molar-refractivity contribution in [3.63, 3.8) is 0 Å². The van der Waals surface area contributed by atoms with Crippen molar-refractivity contribution >= 4 is 34.4 Å². The number of rotatable bonds is 4. The highest BCUT2D eigenvalue weighted by molar-refractivity contribution is 8.00. The number of para-hydroxylation sites is 2. The Hall–Kier alpha value is -2.40. The predicted molar refractivity (Wildman–Crippen MR) is 99.5 cm³/mol. The third-order valence-electron chi connectivity index (χ3n) is 3.71. The summed E-state index contributed by atoms with van der Waals surface area (Å²) in [5, 5.41) is 3.77. The van der Waals surface area contributed by atoms with Gasteiger partial charge in [0, 0.05) is 5.69 Å². The van der Waals surface area contributed by atoms with E-state index in [1.165, 1.54) is 11.8 Å². The Morgan fingerprint density at radius 3 is 2.50 bits per heavy atom. The molecule has 0 bridgehead atoms. The summed E-state index contributed by atoms with van der Waals surface area (Å²) in [5.74, 6) is 0.268. The third kappa shape index (κ3) is 3.74. The van der Waals surface area contributed by atoms with Crippen molar-refractivity contribution < 1.29 is 4.79 Å². The molecule has 0 aliphatic heterocycles. The van der Waals surface area contributed by atoms with Crippen molar-refractivity contribution in [1.82, 2.24) is 9.97 Å². The zero-order valence-electron chi connectivity index (χ0n) is 14.0. The van der Waals surface area contributed by atoms with E-state index in [1.54, 1.807) is 0 Å². The number of nitrogens with zero attached hydrogens (tertiary/aromatic N) is 2. The lowest BCUT2D eigenvalue weighted by molar-refractivity contribution is -0.113. The van der Waals surface area contributed by atoms with E-state index >= 15 is 0 Å². The maximum Gasteiger partial charge on any atom is 0.234 e. The summed E-state index contributed by atoms with van der Waals surface area (Å²) in [5.41, 5.74) is 5.61. The summed E-state index contributed by atoms with van der Waals surface area (Å²) in [6, 6.07) is 13.8. The molecule has 1 aromatic heterocycles. The Balaban J connectivity index is 1.70. The number of benzene rings is 2. The van der Waals surface area contributed by atoms with Crippen molar-refractivity contribution in [2.45, 2.75) is 25.8 Å². The van der Waals surface area contributed by atoms with E-state index in [0.717, 1.165) is 38.6 Å². The molecule has 0 aliphatic rings. The number of anilines is 1. The van der Waals surface area contributed by atoms with E-state index in [0.29, 0.717) is 5.75 Å². The number of aromatic nitrogens is 2. The Bertz CT molecular complexity index is 908. The van der Waals surface area contributed by atoms with Crippen LogP contribution in [0.25, 0.3) is 11.0 Å². The average Bonchev–Trinajstić information content (AvgIpc) is 2.56. The number of amides is 1. The van der Waals surface area contributed by atoms with Crippen LogP contribution in [0.5, 0.6) is 0 Å². The van der Waals surface area contributed by atoms with E-state index in [-0.39, 0.29) is 5.91 Å². The first-order valence-electron chi connectivity index (χ1n) is 7.76. The Morgan fingerprint density at radius 2 is 1.75 bits per heavy atom. The van der Waals surface area contributed by atoms with E-state index in [9.17, 15) is 4.79 Å². The van der Waals surface area contributed by atoms with Crippen LogP contribution in [0.4, 0.5) is 5.69 Å². The Kier molecular flexibility index (Phi) is 4.81. The number of carbonyl (C=O) groups excluding carboxylic acids is 1. The molecule has 122 valence electrons. The molecule has 0 aliphatic carbocycles. The Labute approximate surface area is 145 Å². The van der Waals surface area contributed by atoms with Crippen molar-refractivity contribution in [2.75, 3.05) is 11.1 Å². The topological polar surface area (TPSA) is 54.9 Å².